The summed E-state index contributed by atoms with van der Waals surface area (Å²) < 4.78 is 10.4. The number of nitrogens with two attached hydrogens (primary N) is 1. The molecule has 0 aliphatic heterocycles. The highest BCUT2D eigenvalue weighted by atomic mass is 16.6. The summed E-state index contributed by atoms with van der Waals surface area (Å²) in [5.41, 5.74) is 10.4. The molecule has 0 spiro atoms. The number of hydrogen-bond acceptors (Lipinski definition) is 8. The maximum atomic E-state index is 12.5. The third-order valence-electron chi connectivity index (χ3n) is 8.18. The van der Waals surface area contributed by atoms with Gasteiger partial charge in [0.05, 0.1) is 6.04 Å². The molecule has 0 radical (unpaired) electrons. The average molecular weight is 811 g/mol. The van der Waals surface area contributed by atoms with Crippen LogP contribution in [0.1, 0.15) is 74.9 Å². The van der Waals surface area contributed by atoms with E-state index in [-0.39, 0.29) is 18.9 Å². The number of nitrogens with one attached hydrogen (secondary N) is 5. The second-order valence-electron chi connectivity index (χ2n) is 15.8. The van der Waals surface area contributed by atoms with Crippen LogP contribution in [0.15, 0.2) is 109 Å². The molecule has 0 aromatic heterocycles. The quantitative estimate of drug-likeness (QED) is 0.0738. The van der Waals surface area contributed by atoms with Crippen molar-refractivity contribution in [1.29, 1.82) is 0 Å². The summed E-state index contributed by atoms with van der Waals surface area (Å²) in [6.45, 7) is 12.2. The van der Waals surface area contributed by atoms with Crippen molar-refractivity contribution < 1.29 is 38.6 Å². The zero-order valence-electron chi connectivity index (χ0n) is 34.7. The minimum absolute atomic E-state index is 0.181. The van der Waals surface area contributed by atoms with Gasteiger partial charge in [0.25, 0.3) is 0 Å². The van der Waals surface area contributed by atoms with Crippen molar-refractivity contribution in [3.05, 3.63) is 143 Å². The molecule has 0 saturated heterocycles. The van der Waals surface area contributed by atoms with Crippen LogP contribution in [0.25, 0.3) is 0 Å². The Morgan fingerprint density at radius 2 is 0.847 bits per heavy atom. The molecule has 0 unspecified atom stereocenters. The normalized spacial score (nSPS) is 12.0. The summed E-state index contributed by atoms with van der Waals surface area (Å²) in [6, 6.07) is 32.4. The third-order valence-corrected chi connectivity index (χ3v) is 8.18. The molecule has 0 bridgehead atoms. The van der Waals surface area contributed by atoms with Crippen molar-refractivity contribution in [3.8, 4) is 0 Å². The number of benzene rings is 4. The number of hydrogen-bond donors (Lipinski definition) is 7. The van der Waals surface area contributed by atoms with Crippen LogP contribution in [0.4, 0.5) is 14.4 Å². The van der Waals surface area contributed by atoms with Gasteiger partial charge in [0, 0.05) is 32.6 Å². The monoisotopic (exact) mass is 810 g/mol. The Morgan fingerprint density at radius 1 is 0.508 bits per heavy atom. The molecule has 14 nitrogen and oxygen atoms in total. The molecular weight excluding hydrogens is 753 g/mol. The zero-order valence-corrected chi connectivity index (χ0v) is 34.7. The van der Waals surface area contributed by atoms with Gasteiger partial charge in [0.1, 0.15) is 17.2 Å². The molecule has 4 aromatic carbocycles. The van der Waals surface area contributed by atoms with Gasteiger partial charge in [-0.1, -0.05) is 109 Å². The predicted octanol–water partition coefficient (Wildman–Crippen LogP) is 6.10. The molecule has 0 fully saturated rings. The molecule has 5 amide bonds. The van der Waals surface area contributed by atoms with Gasteiger partial charge >= 0.3 is 18.3 Å². The van der Waals surface area contributed by atoms with Gasteiger partial charge in [-0.2, -0.15) is 0 Å². The molecule has 4 rings (SSSR count). The second-order valence-corrected chi connectivity index (χ2v) is 15.8. The first kappa shape index (κ1) is 47.0. The van der Waals surface area contributed by atoms with E-state index < -0.39 is 47.5 Å². The highest BCUT2D eigenvalue weighted by Gasteiger charge is 2.21. The number of carboxylic acid groups (broad SMARTS) is 1. The molecule has 316 valence electrons. The minimum Gasteiger partial charge on any atom is -0.465 e. The van der Waals surface area contributed by atoms with Crippen LogP contribution in [0.5, 0.6) is 0 Å². The van der Waals surface area contributed by atoms with E-state index in [1.807, 2.05) is 130 Å². The fraction of sp³-hybridized carbons (Fsp3) is 0.356. The lowest BCUT2D eigenvalue weighted by molar-refractivity contribution is -0.123. The van der Waals surface area contributed by atoms with Crippen LogP contribution in [0.3, 0.4) is 0 Å². The molecule has 0 aliphatic rings. The van der Waals surface area contributed by atoms with E-state index in [0.717, 1.165) is 33.4 Å². The first-order valence-corrected chi connectivity index (χ1v) is 19.3. The van der Waals surface area contributed by atoms with Gasteiger partial charge in [-0.05, 0) is 81.3 Å². The summed E-state index contributed by atoms with van der Waals surface area (Å²) in [5, 5.41) is 22.3. The van der Waals surface area contributed by atoms with E-state index >= 15 is 0 Å². The van der Waals surface area contributed by atoms with E-state index in [0.29, 0.717) is 26.1 Å². The number of alkyl carbamates (subject to hydrolysis) is 2. The Kier molecular flexibility index (Phi) is 18.4. The minimum atomic E-state index is -1.25. The van der Waals surface area contributed by atoms with Gasteiger partial charge in [-0.25, -0.2) is 14.4 Å². The van der Waals surface area contributed by atoms with Crippen LogP contribution >= 0.6 is 0 Å². The van der Waals surface area contributed by atoms with Crippen LogP contribution in [0.2, 0.25) is 0 Å². The Hall–Kier alpha value is -6.41. The Labute approximate surface area is 346 Å². The fourth-order valence-electron chi connectivity index (χ4n) is 5.33. The van der Waals surface area contributed by atoms with E-state index in [4.69, 9.17) is 20.3 Å². The molecule has 14 heteroatoms. The molecule has 8 N–H and O–H groups in total. The Bertz CT molecular complexity index is 1930. The number of amides is 5. The van der Waals surface area contributed by atoms with Gasteiger partial charge < -0.3 is 46.9 Å². The predicted molar refractivity (Wildman–Crippen MR) is 226 cm³/mol. The maximum absolute atomic E-state index is 12.5. The number of ether oxygens (including phenoxy) is 2. The standard InChI is InChI=1S/C23H29N3O5.C22H29N3O3/c1-23(2,3)31-22(30)25-15-18-11-9-17(10-12-18)14-24-20(27)19(26-21(28)29)13-16-7-5-4-6-8-16;1-22(2,3)28-21(27)25-15-18-11-9-17(10-12-18)14-24-20(26)19(23)13-16-7-5-4-6-8-16/h4-12,19,26H,13-15H2,1-3H3,(H,24,27)(H,25,30)(H,28,29);4-12,19H,13-15,23H2,1-3H3,(H,24,26)(H,25,27)/t2*19-/m00/s1. The van der Waals surface area contributed by atoms with E-state index in [1.165, 1.54) is 0 Å². The van der Waals surface area contributed by atoms with Crippen molar-refractivity contribution >= 4 is 30.1 Å². The summed E-state index contributed by atoms with van der Waals surface area (Å²) in [5.74, 6) is -0.582. The van der Waals surface area contributed by atoms with E-state index in [2.05, 4.69) is 26.6 Å². The van der Waals surface area contributed by atoms with Gasteiger partial charge in [0.2, 0.25) is 11.8 Å². The van der Waals surface area contributed by atoms with Crippen LogP contribution in [-0.4, -0.2) is 58.5 Å². The van der Waals surface area contributed by atoms with Gasteiger partial charge in [-0.15, -0.1) is 0 Å². The highest BCUT2D eigenvalue weighted by molar-refractivity contribution is 5.85. The summed E-state index contributed by atoms with van der Waals surface area (Å²) in [7, 11) is 0. The largest absolute Gasteiger partial charge is 0.465 e. The molecule has 4 aromatic rings. The fourth-order valence-corrected chi connectivity index (χ4v) is 5.33. The third kappa shape index (κ3) is 20.0. The SMILES string of the molecule is CC(C)(C)OC(=O)NCc1ccc(CNC(=O)[C@@H](N)Cc2ccccc2)cc1.CC(C)(C)OC(=O)NCc1ccc(CNC(=O)[C@H](Cc2ccccc2)NC(=O)O)cc1. The average Bonchev–Trinajstić information content (AvgIpc) is 3.17. The molecule has 59 heavy (non-hydrogen) atoms. The van der Waals surface area contributed by atoms with Gasteiger partial charge in [0.15, 0.2) is 0 Å². The van der Waals surface area contributed by atoms with Crippen molar-refractivity contribution in [2.45, 2.75) is 104 Å². The lowest BCUT2D eigenvalue weighted by Gasteiger charge is -2.19. The molecular formula is C45H58N6O8. The first-order valence-electron chi connectivity index (χ1n) is 19.3. The zero-order chi connectivity index (χ0) is 43.4. The number of carbonyl (C=O) groups excluding carboxylic acids is 4. The van der Waals surface area contributed by atoms with Crippen LogP contribution in [-0.2, 0) is 58.1 Å². The van der Waals surface area contributed by atoms with Crippen molar-refractivity contribution in [2.24, 2.45) is 5.73 Å². The smallest absolute Gasteiger partial charge is 0.407 e. The van der Waals surface area contributed by atoms with Crippen LogP contribution < -0.4 is 32.3 Å². The molecule has 0 saturated carbocycles. The summed E-state index contributed by atoms with van der Waals surface area (Å²) in [4.78, 5) is 59.2. The van der Waals surface area contributed by atoms with Crippen molar-refractivity contribution in [1.82, 2.24) is 26.6 Å². The van der Waals surface area contributed by atoms with E-state index in [1.54, 1.807) is 20.8 Å². The van der Waals surface area contributed by atoms with Gasteiger partial charge in [-0.3, -0.25) is 9.59 Å². The lowest BCUT2D eigenvalue weighted by atomic mass is 10.1. The Balaban J connectivity index is 0.000000317. The maximum Gasteiger partial charge on any atom is 0.407 e. The van der Waals surface area contributed by atoms with Crippen molar-refractivity contribution in [2.75, 3.05) is 0 Å². The molecule has 2 atom stereocenters. The summed E-state index contributed by atoms with van der Waals surface area (Å²) in [6.07, 6.45) is -1.43. The first-order chi connectivity index (χ1) is 27.8. The lowest BCUT2D eigenvalue weighted by Crippen LogP contribution is -2.47. The van der Waals surface area contributed by atoms with E-state index in [9.17, 15) is 24.0 Å². The highest BCUT2D eigenvalue weighted by Crippen LogP contribution is 2.11. The second kappa shape index (κ2) is 23.1. The summed E-state index contributed by atoms with van der Waals surface area (Å²) >= 11 is 0. The molecule has 0 heterocycles. The van der Waals surface area contributed by atoms with Crippen LogP contribution in [0, 0.1) is 0 Å². The molecule has 0 aliphatic carbocycles. The number of rotatable bonds is 15. The van der Waals surface area contributed by atoms with Crippen molar-refractivity contribution in [3.63, 3.8) is 0 Å². The number of carbonyl (C=O) groups is 5. The Morgan fingerprint density at radius 3 is 1.20 bits per heavy atom. The topological polar surface area (TPSA) is 210 Å².